The maximum absolute atomic E-state index is 12.2. The van der Waals surface area contributed by atoms with Gasteiger partial charge in [0, 0.05) is 34.1 Å². The third-order valence-corrected chi connectivity index (χ3v) is 4.80. The lowest BCUT2D eigenvalue weighted by Gasteiger charge is -2.18. The smallest absolute Gasteiger partial charge is 0.299 e. The van der Waals surface area contributed by atoms with Crippen molar-refractivity contribution >= 4 is 32.1 Å². The summed E-state index contributed by atoms with van der Waals surface area (Å²) in [6, 6.07) is 1.27. The molecule has 0 saturated carbocycles. The fraction of sp³-hybridized carbons (Fsp3) is 0.600. The van der Waals surface area contributed by atoms with Gasteiger partial charge >= 0.3 is 10.2 Å². The van der Waals surface area contributed by atoms with Crippen molar-refractivity contribution in [3.63, 3.8) is 0 Å². The molecule has 0 spiro atoms. The molecule has 0 N–H and O–H groups in total. The molecular weight excluding hydrogens is 336 g/mol. The molecule has 0 atom stereocenters. The average molecular weight is 354 g/mol. The molecular formula is C10H18N4O6S2. The second kappa shape index (κ2) is 6.32. The Hall–Kier alpha value is -1.50. The molecule has 1 aromatic heterocycles. The van der Waals surface area contributed by atoms with Gasteiger partial charge in [0.25, 0.3) is 10.1 Å². The average Bonchev–Trinajstić information content (AvgIpc) is 2.79. The molecule has 0 fully saturated rings. The van der Waals surface area contributed by atoms with Crippen LogP contribution in [0, 0.1) is 0 Å². The van der Waals surface area contributed by atoms with Crippen LogP contribution in [-0.2, 0) is 35.9 Å². The molecule has 0 aliphatic rings. The number of amides is 1. The van der Waals surface area contributed by atoms with Crippen LogP contribution in [0.2, 0.25) is 0 Å². The highest BCUT2D eigenvalue weighted by atomic mass is 32.2. The van der Waals surface area contributed by atoms with Gasteiger partial charge in [-0.05, 0) is 0 Å². The summed E-state index contributed by atoms with van der Waals surface area (Å²) in [6.07, 6.45) is 0.864. The highest BCUT2D eigenvalue weighted by molar-refractivity contribution is 7.87. The molecule has 0 aliphatic carbocycles. The van der Waals surface area contributed by atoms with Crippen LogP contribution in [0.1, 0.15) is 12.6 Å². The monoisotopic (exact) mass is 354 g/mol. The third-order valence-electron chi connectivity index (χ3n) is 2.63. The van der Waals surface area contributed by atoms with Crippen LogP contribution in [0.15, 0.2) is 6.07 Å². The van der Waals surface area contributed by atoms with Crippen LogP contribution < -0.4 is 4.90 Å². The fourth-order valence-electron chi connectivity index (χ4n) is 1.35. The van der Waals surface area contributed by atoms with Crippen molar-refractivity contribution in [1.82, 2.24) is 13.5 Å². The Bertz CT molecular complexity index is 765. The summed E-state index contributed by atoms with van der Waals surface area (Å²) >= 11 is 0. The van der Waals surface area contributed by atoms with E-state index in [4.69, 9.17) is 0 Å². The molecule has 1 heterocycles. The molecule has 126 valence electrons. The van der Waals surface area contributed by atoms with Crippen molar-refractivity contribution in [3.8, 4) is 0 Å². The standard InChI is InChI=1S/C10H18N4O6S2/c1-8(15)13(4)10-6-9(7-20-21(5,16)17)11-14(10)22(18,19)12(2)3/h6H,7H2,1-5H3. The van der Waals surface area contributed by atoms with E-state index in [0.29, 0.717) is 4.09 Å². The van der Waals surface area contributed by atoms with Crippen molar-refractivity contribution in [2.75, 3.05) is 32.3 Å². The zero-order valence-corrected chi connectivity index (χ0v) is 14.5. The molecule has 0 bridgehead atoms. The van der Waals surface area contributed by atoms with E-state index in [1.54, 1.807) is 0 Å². The van der Waals surface area contributed by atoms with Crippen LogP contribution in [0.3, 0.4) is 0 Å². The predicted octanol–water partition coefficient (Wildman–Crippen LogP) is -1.00. The lowest BCUT2D eigenvalue weighted by molar-refractivity contribution is -0.116. The van der Waals surface area contributed by atoms with Gasteiger partial charge in [0.1, 0.15) is 6.61 Å². The Labute approximate surface area is 129 Å². The minimum atomic E-state index is -3.98. The zero-order valence-electron chi connectivity index (χ0n) is 12.8. The first kappa shape index (κ1) is 18.5. The lowest BCUT2D eigenvalue weighted by atomic mass is 10.4. The molecule has 0 saturated heterocycles. The summed E-state index contributed by atoms with van der Waals surface area (Å²) < 4.78 is 52.6. The number of carbonyl (C=O) groups is 1. The van der Waals surface area contributed by atoms with Crippen LogP contribution in [0.5, 0.6) is 0 Å². The van der Waals surface area contributed by atoms with Gasteiger partial charge in [-0.2, -0.15) is 26.2 Å². The molecule has 0 unspecified atom stereocenters. The van der Waals surface area contributed by atoms with Gasteiger partial charge in [0.15, 0.2) is 5.82 Å². The number of hydrogen-bond acceptors (Lipinski definition) is 7. The molecule has 10 nitrogen and oxygen atoms in total. The van der Waals surface area contributed by atoms with Crippen LogP contribution >= 0.6 is 0 Å². The summed E-state index contributed by atoms with van der Waals surface area (Å²) in [4.78, 5) is 12.6. The van der Waals surface area contributed by atoms with Crippen molar-refractivity contribution < 1.29 is 25.8 Å². The van der Waals surface area contributed by atoms with Gasteiger partial charge < -0.3 is 0 Å². The molecule has 1 amide bonds. The second-order valence-corrected chi connectivity index (χ2v) is 8.29. The first-order chi connectivity index (χ1) is 9.86. The molecule has 1 aromatic rings. The summed E-state index contributed by atoms with van der Waals surface area (Å²) in [7, 11) is -3.69. The van der Waals surface area contributed by atoms with Gasteiger partial charge in [-0.1, -0.05) is 0 Å². The number of nitrogens with zero attached hydrogens (tertiary/aromatic N) is 4. The quantitative estimate of drug-likeness (QED) is 0.601. The highest BCUT2D eigenvalue weighted by Crippen LogP contribution is 2.19. The summed E-state index contributed by atoms with van der Waals surface area (Å²) in [5, 5.41) is 3.81. The van der Waals surface area contributed by atoms with E-state index in [0.717, 1.165) is 15.5 Å². The van der Waals surface area contributed by atoms with E-state index in [1.807, 2.05) is 0 Å². The lowest BCUT2D eigenvalue weighted by Crippen LogP contribution is -2.34. The number of hydrogen-bond donors (Lipinski definition) is 0. The zero-order chi connectivity index (χ0) is 17.3. The van der Waals surface area contributed by atoms with Gasteiger partial charge in [0.05, 0.1) is 11.9 Å². The van der Waals surface area contributed by atoms with E-state index >= 15 is 0 Å². The van der Waals surface area contributed by atoms with E-state index in [1.165, 1.54) is 34.1 Å². The SMILES string of the molecule is CC(=O)N(C)c1cc(COS(C)(=O)=O)nn1S(=O)(=O)N(C)C. The topological polar surface area (TPSA) is 119 Å². The number of anilines is 1. The van der Waals surface area contributed by atoms with Crippen molar-refractivity contribution in [2.45, 2.75) is 13.5 Å². The summed E-state index contributed by atoms with van der Waals surface area (Å²) in [5.41, 5.74) is 0.0546. The first-order valence-electron chi connectivity index (χ1n) is 5.97. The van der Waals surface area contributed by atoms with E-state index in [-0.39, 0.29) is 11.5 Å². The summed E-state index contributed by atoms with van der Waals surface area (Å²) in [5.74, 6) is -0.431. The van der Waals surface area contributed by atoms with Gasteiger partial charge in [-0.15, -0.1) is 4.09 Å². The number of aromatic nitrogens is 2. The minimum Gasteiger partial charge on any atom is -0.299 e. The summed E-state index contributed by atoms with van der Waals surface area (Å²) in [6.45, 7) is 0.819. The Kier molecular flexibility index (Phi) is 5.33. The minimum absolute atomic E-state index is 0.0201. The maximum Gasteiger partial charge on any atom is 0.324 e. The van der Waals surface area contributed by atoms with Crippen LogP contribution in [0.4, 0.5) is 5.82 Å². The van der Waals surface area contributed by atoms with Crippen molar-refractivity contribution in [2.24, 2.45) is 0 Å². The fourth-order valence-corrected chi connectivity index (χ4v) is 2.61. The maximum atomic E-state index is 12.2. The van der Waals surface area contributed by atoms with Crippen molar-refractivity contribution in [3.05, 3.63) is 11.8 Å². The molecule has 12 heteroatoms. The normalized spacial score (nSPS) is 12.6. The van der Waals surface area contributed by atoms with E-state index in [9.17, 15) is 21.6 Å². The van der Waals surface area contributed by atoms with Crippen molar-refractivity contribution in [1.29, 1.82) is 0 Å². The highest BCUT2D eigenvalue weighted by Gasteiger charge is 2.26. The molecule has 0 aromatic carbocycles. The van der Waals surface area contributed by atoms with E-state index < -0.39 is 32.8 Å². The Morgan fingerprint density at radius 2 is 1.82 bits per heavy atom. The van der Waals surface area contributed by atoms with Crippen LogP contribution in [0.25, 0.3) is 0 Å². The van der Waals surface area contributed by atoms with Crippen LogP contribution in [-0.4, -0.2) is 63.6 Å². The molecule has 1 rings (SSSR count). The second-order valence-electron chi connectivity index (χ2n) is 4.67. The predicted molar refractivity (Wildman–Crippen MR) is 78.9 cm³/mol. The van der Waals surface area contributed by atoms with Gasteiger partial charge in [-0.3, -0.25) is 13.9 Å². The molecule has 0 radical (unpaired) electrons. The largest absolute Gasteiger partial charge is 0.324 e. The Morgan fingerprint density at radius 3 is 2.23 bits per heavy atom. The Balaban J connectivity index is 3.35. The molecule has 22 heavy (non-hydrogen) atoms. The molecule has 0 aliphatic heterocycles. The third kappa shape index (κ3) is 4.25. The number of carbonyl (C=O) groups excluding carboxylic acids is 1. The van der Waals surface area contributed by atoms with Gasteiger partial charge in [-0.25, -0.2) is 0 Å². The Morgan fingerprint density at radius 1 is 1.27 bits per heavy atom. The van der Waals surface area contributed by atoms with E-state index in [2.05, 4.69) is 9.28 Å². The van der Waals surface area contributed by atoms with Gasteiger partial charge in [0.2, 0.25) is 5.91 Å². The number of rotatable bonds is 6. The first-order valence-corrected chi connectivity index (χ1v) is 9.18.